The van der Waals surface area contributed by atoms with Crippen molar-refractivity contribution in [2.24, 2.45) is 0 Å². The lowest BCUT2D eigenvalue weighted by Crippen LogP contribution is -2.51. The van der Waals surface area contributed by atoms with Gasteiger partial charge in [-0.15, -0.1) is 6.42 Å². The van der Waals surface area contributed by atoms with Crippen LogP contribution >= 0.6 is 0 Å². The molecule has 1 aliphatic rings. The van der Waals surface area contributed by atoms with E-state index in [1.165, 1.54) is 25.7 Å². The highest BCUT2D eigenvalue weighted by atomic mass is 15.2. The van der Waals surface area contributed by atoms with Crippen molar-refractivity contribution >= 4 is 0 Å². The molecular weight excluding hydrogens is 184 g/mol. The molecule has 1 fully saturated rings. The first-order chi connectivity index (χ1) is 7.14. The summed E-state index contributed by atoms with van der Waals surface area (Å²) in [5, 5.41) is 3.51. The number of rotatable bonds is 5. The van der Waals surface area contributed by atoms with Crippen LogP contribution in [0.2, 0.25) is 0 Å². The van der Waals surface area contributed by atoms with Crippen molar-refractivity contribution in [1.82, 2.24) is 10.2 Å². The fraction of sp³-hybridized carbons (Fsp3) is 0.846. The predicted molar refractivity (Wildman–Crippen MR) is 65.8 cm³/mol. The van der Waals surface area contributed by atoms with E-state index >= 15 is 0 Å². The van der Waals surface area contributed by atoms with Crippen LogP contribution in [0.15, 0.2) is 0 Å². The number of terminal acetylenes is 1. The lowest BCUT2D eigenvalue weighted by molar-refractivity contribution is 0.151. The highest BCUT2D eigenvalue weighted by Gasteiger charge is 2.35. The molecule has 1 N–H and O–H groups in total. The van der Waals surface area contributed by atoms with Crippen LogP contribution in [0.3, 0.4) is 0 Å². The van der Waals surface area contributed by atoms with Crippen LogP contribution in [-0.2, 0) is 0 Å². The van der Waals surface area contributed by atoms with E-state index in [1.807, 2.05) is 0 Å². The molecule has 86 valence electrons. The maximum atomic E-state index is 5.46. The Hall–Kier alpha value is -0.520. The van der Waals surface area contributed by atoms with Crippen molar-refractivity contribution in [1.29, 1.82) is 0 Å². The van der Waals surface area contributed by atoms with E-state index in [9.17, 15) is 0 Å². The molecule has 0 aliphatic heterocycles. The van der Waals surface area contributed by atoms with Crippen molar-refractivity contribution in [3.05, 3.63) is 0 Å². The third kappa shape index (κ3) is 2.96. The fourth-order valence-corrected chi connectivity index (χ4v) is 2.45. The normalized spacial score (nSPS) is 21.5. The van der Waals surface area contributed by atoms with E-state index in [-0.39, 0.29) is 6.04 Å². The second-order valence-corrected chi connectivity index (χ2v) is 4.83. The van der Waals surface area contributed by atoms with Crippen molar-refractivity contribution < 1.29 is 0 Å². The standard InChI is InChI=1S/C13H24N2/c1-5-12(6-2)14-11-13(15(3)4)9-7-8-10-13/h1,12,14H,6-11H2,2-4H3. The van der Waals surface area contributed by atoms with Crippen LogP contribution in [0.1, 0.15) is 39.0 Å². The van der Waals surface area contributed by atoms with Crippen LogP contribution in [0.4, 0.5) is 0 Å². The van der Waals surface area contributed by atoms with Crippen molar-refractivity contribution in [3.63, 3.8) is 0 Å². The van der Waals surface area contributed by atoms with Crippen LogP contribution in [-0.4, -0.2) is 37.1 Å². The Labute approximate surface area is 94.4 Å². The molecule has 2 nitrogen and oxygen atoms in total. The molecule has 0 radical (unpaired) electrons. The zero-order valence-corrected chi connectivity index (χ0v) is 10.3. The minimum absolute atomic E-state index is 0.238. The second kappa shape index (κ2) is 5.53. The van der Waals surface area contributed by atoms with E-state index < -0.39 is 0 Å². The lowest BCUT2D eigenvalue weighted by atomic mass is 9.95. The zero-order valence-electron chi connectivity index (χ0n) is 10.3. The molecule has 2 heteroatoms. The summed E-state index contributed by atoms with van der Waals surface area (Å²) in [6.45, 7) is 3.16. The third-order valence-corrected chi connectivity index (χ3v) is 3.77. The minimum Gasteiger partial charge on any atom is -0.302 e. The molecule has 1 aliphatic carbocycles. The molecule has 15 heavy (non-hydrogen) atoms. The van der Waals surface area contributed by atoms with E-state index in [1.54, 1.807) is 0 Å². The number of hydrogen-bond acceptors (Lipinski definition) is 2. The van der Waals surface area contributed by atoms with Gasteiger partial charge in [0.05, 0.1) is 6.04 Å². The van der Waals surface area contributed by atoms with Crippen LogP contribution < -0.4 is 5.32 Å². The average molecular weight is 208 g/mol. The van der Waals surface area contributed by atoms with E-state index in [0.29, 0.717) is 5.54 Å². The Bertz CT molecular complexity index is 221. The summed E-state index contributed by atoms with van der Waals surface area (Å²) in [6.07, 6.45) is 11.8. The Morgan fingerprint density at radius 3 is 2.40 bits per heavy atom. The van der Waals surface area contributed by atoms with Gasteiger partial charge in [-0.25, -0.2) is 0 Å². The molecule has 0 heterocycles. The maximum absolute atomic E-state index is 5.46. The molecule has 0 amide bonds. The van der Waals surface area contributed by atoms with Crippen molar-refractivity contribution in [2.45, 2.75) is 50.6 Å². The summed E-state index contributed by atoms with van der Waals surface area (Å²) in [7, 11) is 4.37. The Kier molecular flexibility index (Phi) is 4.63. The summed E-state index contributed by atoms with van der Waals surface area (Å²) < 4.78 is 0. The van der Waals surface area contributed by atoms with Gasteiger partial charge in [0.25, 0.3) is 0 Å². The molecule has 1 atom stereocenters. The molecule has 0 spiro atoms. The largest absolute Gasteiger partial charge is 0.302 e. The minimum atomic E-state index is 0.238. The number of nitrogens with zero attached hydrogens (tertiary/aromatic N) is 1. The summed E-state index contributed by atoms with van der Waals surface area (Å²) in [5.41, 5.74) is 0.351. The summed E-state index contributed by atoms with van der Waals surface area (Å²) in [4.78, 5) is 2.37. The number of likely N-dealkylation sites (N-methyl/N-ethyl adjacent to an activating group) is 1. The van der Waals surface area contributed by atoms with Gasteiger partial charge in [-0.2, -0.15) is 0 Å². The fourth-order valence-electron chi connectivity index (χ4n) is 2.45. The van der Waals surface area contributed by atoms with Crippen LogP contribution in [0.5, 0.6) is 0 Å². The monoisotopic (exact) mass is 208 g/mol. The highest BCUT2D eigenvalue weighted by Crippen LogP contribution is 2.33. The van der Waals surface area contributed by atoms with Crippen LogP contribution in [0, 0.1) is 12.3 Å². The summed E-state index contributed by atoms with van der Waals surface area (Å²) >= 11 is 0. The summed E-state index contributed by atoms with van der Waals surface area (Å²) in [6, 6.07) is 0.238. The molecule has 1 unspecified atom stereocenters. The lowest BCUT2D eigenvalue weighted by Gasteiger charge is -2.37. The van der Waals surface area contributed by atoms with Gasteiger partial charge in [-0.1, -0.05) is 25.7 Å². The topological polar surface area (TPSA) is 15.3 Å². The Morgan fingerprint density at radius 2 is 2.00 bits per heavy atom. The zero-order chi connectivity index (χ0) is 11.3. The highest BCUT2D eigenvalue weighted by molar-refractivity contribution is 5.01. The summed E-state index contributed by atoms with van der Waals surface area (Å²) in [5.74, 6) is 2.80. The third-order valence-electron chi connectivity index (χ3n) is 3.77. The van der Waals surface area contributed by atoms with E-state index in [2.05, 4.69) is 37.2 Å². The quantitative estimate of drug-likeness (QED) is 0.694. The van der Waals surface area contributed by atoms with Gasteiger partial charge >= 0.3 is 0 Å². The van der Waals surface area contributed by atoms with Crippen molar-refractivity contribution in [3.8, 4) is 12.3 Å². The molecule has 0 saturated heterocycles. The van der Waals surface area contributed by atoms with Gasteiger partial charge < -0.3 is 10.2 Å². The number of hydrogen-bond donors (Lipinski definition) is 1. The van der Waals surface area contributed by atoms with E-state index in [0.717, 1.165) is 13.0 Å². The smallest absolute Gasteiger partial charge is 0.0684 e. The molecule has 0 aromatic heterocycles. The SMILES string of the molecule is C#CC(CC)NCC1(N(C)C)CCCC1. The van der Waals surface area contributed by atoms with Crippen molar-refractivity contribution in [2.75, 3.05) is 20.6 Å². The van der Waals surface area contributed by atoms with Crippen LogP contribution in [0.25, 0.3) is 0 Å². The van der Waals surface area contributed by atoms with Gasteiger partial charge in [-0.3, -0.25) is 0 Å². The Morgan fingerprint density at radius 1 is 1.40 bits per heavy atom. The van der Waals surface area contributed by atoms with Gasteiger partial charge in [0.15, 0.2) is 0 Å². The second-order valence-electron chi connectivity index (χ2n) is 4.83. The van der Waals surface area contributed by atoms with E-state index in [4.69, 9.17) is 6.42 Å². The number of nitrogens with one attached hydrogen (secondary N) is 1. The molecule has 0 aromatic carbocycles. The molecular formula is C13H24N2. The molecule has 1 saturated carbocycles. The molecule has 1 rings (SSSR count). The average Bonchev–Trinajstić information content (AvgIpc) is 2.69. The Balaban J connectivity index is 2.50. The first kappa shape index (κ1) is 12.5. The predicted octanol–water partition coefficient (Wildman–Crippen LogP) is 1.86. The van der Waals surface area contributed by atoms with Gasteiger partial charge in [0.1, 0.15) is 0 Å². The van der Waals surface area contributed by atoms with Gasteiger partial charge in [-0.05, 0) is 33.4 Å². The van der Waals surface area contributed by atoms with Gasteiger partial charge in [0.2, 0.25) is 0 Å². The van der Waals surface area contributed by atoms with Gasteiger partial charge in [0, 0.05) is 12.1 Å². The maximum Gasteiger partial charge on any atom is 0.0684 e. The first-order valence-corrected chi connectivity index (χ1v) is 6.01. The first-order valence-electron chi connectivity index (χ1n) is 6.01. The molecule has 0 aromatic rings. The molecule has 0 bridgehead atoms.